The molecule has 1 fully saturated rings. The van der Waals surface area contributed by atoms with Gasteiger partial charge in [0.1, 0.15) is 0 Å². The van der Waals surface area contributed by atoms with Crippen LogP contribution in [0.4, 0.5) is 4.79 Å². The second kappa shape index (κ2) is 6.70. The summed E-state index contributed by atoms with van der Waals surface area (Å²) < 4.78 is 5.18. The molecule has 1 atom stereocenters. The van der Waals surface area contributed by atoms with Gasteiger partial charge in [0, 0.05) is 25.7 Å². The number of nitrogens with one attached hydrogen (secondary N) is 2. The molecule has 2 N–H and O–H groups in total. The van der Waals surface area contributed by atoms with Gasteiger partial charge < -0.3 is 20.3 Å². The van der Waals surface area contributed by atoms with Gasteiger partial charge in [0.2, 0.25) is 0 Å². The monoisotopic (exact) mass is 229 g/mol. The first-order chi connectivity index (χ1) is 7.59. The fourth-order valence-corrected chi connectivity index (χ4v) is 1.49. The van der Waals surface area contributed by atoms with Gasteiger partial charge >= 0.3 is 6.03 Å². The van der Waals surface area contributed by atoms with Gasteiger partial charge in [-0.15, -0.1) is 0 Å². The van der Waals surface area contributed by atoms with Crippen LogP contribution >= 0.6 is 0 Å². The number of likely N-dealkylation sites (N-methyl/N-ethyl adjacent to an activating group) is 1. The average molecular weight is 229 g/mol. The van der Waals surface area contributed by atoms with Gasteiger partial charge in [0.25, 0.3) is 0 Å². The first-order valence-electron chi connectivity index (χ1n) is 5.92. The standard InChI is InChI=1S/C11H23N3O2/c1-9(2)14(3)6-5-12-11(15)13-10-4-7-16-8-10/h9-10H,4-8H2,1-3H3,(H2,12,13,15). The van der Waals surface area contributed by atoms with Crippen LogP contribution in [0, 0.1) is 0 Å². The molecule has 0 radical (unpaired) electrons. The van der Waals surface area contributed by atoms with Crippen LogP contribution in [0.3, 0.4) is 0 Å². The van der Waals surface area contributed by atoms with Crippen LogP contribution in [0.15, 0.2) is 0 Å². The molecule has 94 valence electrons. The van der Waals surface area contributed by atoms with E-state index in [1.54, 1.807) is 0 Å². The molecule has 5 nitrogen and oxygen atoms in total. The van der Waals surface area contributed by atoms with Gasteiger partial charge in [-0.2, -0.15) is 0 Å². The van der Waals surface area contributed by atoms with Crippen LogP contribution < -0.4 is 10.6 Å². The molecular formula is C11H23N3O2. The maximum atomic E-state index is 11.5. The highest BCUT2D eigenvalue weighted by Crippen LogP contribution is 2.02. The molecule has 0 aromatic rings. The van der Waals surface area contributed by atoms with E-state index in [1.807, 2.05) is 0 Å². The first kappa shape index (κ1) is 13.3. The lowest BCUT2D eigenvalue weighted by atomic mass is 10.3. The van der Waals surface area contributed by atoms with Crippen molar-refractivity contribution in [1.29, 1.82) is 0 Å². The van der Waals surface area contributed by atoms with Gasteiger partial charge in [-0.1, -0.05) is 0 Å². The number of carbonyl (C=O) groups excluding carboxylic acids is 1. The minimum atomic E-state index is -0.0901. The van der Waals surface area contributed by atoms with Gasteiger partial charge in [0.05, 0.1) is 12.6 Å². The van der Waals surface area contributed by atoms with Gasteiger partial charge in [-0.05, 0) is 27.3 Å². The predicted molar refractivity (Wildman–Crippen MR) is 63.5 cm³/mol. The number of urea groups is 1. The fourth-order valence-electron chi connectivity index (χ4n) is 1.49. The number of rotatable bonds is 5. The molecule has 1 aliphatic heterocycles. The Balaban J connectivity index is 2.05. The van der Waals surface area contributed by atoms with Crippen molar-refractivity contribution in [2.75, 3.05) is 33.4 Å². The molecule has 0 saturated carbocycles. The van der Waals surface area contributed by atoms with E-state index in [-0.39, 0.29) is 12.1 Å². The van der Waals surface area contributed by atoms with Crippen molar-refractivity contribution in [3.63, 3.8) is 0 Å². The zero-order chi connectivity index (χ0) is 12.0. The Bertz CT molecular complexity index is 215. The summed E-state index contributed by atoms with van der Waals surface area (Å²) in [5.74, 6) is 0. The number of carbonyl (C=O) groups is 1. The van der Waals surface area contributed by atoms with E-state index < -0.39 is 0 Å². The molecule has 0 bridgehead atoms. The van der Waals surface area contributed by atoms with Crippen molar-refractivity contribution in [3.05, 3.63) is 0 Å². The number of hydrogen-bond donors (Lipinski definition) is 2. The van der Waals surface area contributed by atoms with E-state index in [9.17, 15) is 4.79 Å². The third kappa shape index (κ3) is 4.81. The molecule has 0 aromatic carbocycles. The molecule has 1 rings (SSSR count). The Kier molecular flexibility index (Phi) is 5.55. The van der Waals surface area contributed by atoms with Gasteiger partial charge in [-0.3, -0.25) is 0 Å². The minimum absolute atomic E-state index is 0.0901. The molecule has 1 unspecified atom stereocenters. The van der Waals surface area contributed by atoms with Gasteiger partial charge in [-0.25, -0.2) is 4.79 Å². The molecule has 1 aliphatic rings. The highest BCUT2D eigenvalue weighted by atomic mass is 16.5. The summed E-state index contributed by atoms with van der Waals surface area (Å²) in [6, 6.07) is 0.601. The molecule has 16 heavy (non-hydrogen) atoms. The van der Waals surface area contributed by atoms with E-state index in [2.05, 4.69) is 36.4 Å². The van der Waals surface area contributed by atoms with Crippen LogP contribution in [-0.4, -0.2) is 56.4 Å². The van der Waals surface area contributed by atoms with Crippen molar-refractivity contribution in [2.24, 2.45) is 0 Å². The Labute approximate surface area is 97.5 Å². The van der Waals surface area contributed by atoms with Crippen LogP contribution in [0.2, 0.25) is 0 Å². The highest BCUT2D eigenvalue weighted by molar-refractivity contribution is 5.74. The van der Waals surface area contributed by atoms with Crippen molar-refractivity contribution >= 4 is 6.03 Å². The SMILES string of the molecule is CC(C)N(C)CCNC(=O)NC1CCOC1. The third-order valence-electron chi connectivity index (χ3n) is 2.90. The molecule has 1 saturated heterocycles. The Hall–Kier alpha value is -0.810. The summed E-state index contributed by atoms with van der Waals surface area (Å²) in [7, 11) is 2.05. The smallest absolute Gasteiger partial charge is 0.315 e. The summed E-state index contributed by atoms with van der Waals surface area (Å²) in [5.41, 5.74) is 0. The van der Waals surface area contributed by atoms with E-state index in [1.165, 1.54) is 0 Å². The molecule has 2 amide bonds. The van der Waals surface area contributed by atoms with Crippen LogP contribution in [-0.2, 0) is 4.74 Å². The van der Waals surface area contributed by atoms with Crippen LogP contribution in [0.1, 0.15) is 20.3 Å². The predicted octanol–water partition coefficient (Wildman–Crippen LogP) is 0.415. The number of ether oxygens (including phenoxy) is 1. The summed E-state index contributed by atoms with van der Waals surface area (Å²) in [5, 5.41) is 5.74. The van der Waals surface area contributed by atoms with Crippen molar-refractivity contribution in [1.82, 2.24) is 15.5 Å². The molecule has 0 aromatic heterocycles. The van der Waals surface area contributed by atoms with E-state index in [0.717, 1.165) is 19.6 Å². The lowest BCUT2D eigenvalue weighted by Gasteiger charge is -2.21. The Morgan fingerprint density at radius 2 is 2.31 bits per heavy atom. The normalized spacial score (nSPS) is 20.4. The van der Waals surface area contributed by atoms with E-state index in [4.69, 9.17) is 4.74 Å². The fraction of sp³-hybridized carbons (Fsp3) is 0.909. The maximum absolute atomic E-state index is 11.5. The number of amides is 2. The zero-order valence-electron chi connectivity index (χ0n) is 10.5. The molecule has 0 aliphatic carbocycles. The van der Waals surface area contributed by atoms with Gasteiger partial charge in [0.15, 0.2) is 0 Å². The zero-order valence-corrected chi connectivity index (χ0v) is 10.5. The summed E-state index contributed by atoms with van der Waals surface area (Å²) in [6.45, 7) is 7.20. The number of nitrogens with zero attached hydrogens (tertiary/aromatic N) is 1. The second-order valence-corrected chi connectivity index (χ2v) is 4.54. The lowest BCUT2D eigenvalue weighted by molar-refractivity contribution is 0.188. The minimum Gasteiger partial charge on any atom is -0.379 e. The van der Waals surface area contributed by atoms with E-state index >= 15 is 0 Å². The number of hydrogen-bond acceptors (Lipinski definition) is 3. The summed E-state index contributed by atoms with van der Waals surface area (Å²) in [4.78, 5) is 13.6. The molecule has 0 spiro atoms. The largest absolute Gasteiger partial charge is 0.379 e. The summed E-state index contributed by atoms with van der Waals surface area (Å²) in [6.07, 6.45) is 0.916. The topological polar surface area (TPSA) is 53.6 Å². The van der Waals surface area contributed by atoms with Crippen molar-refractivity contribution < 1.29 is 9.53 Å². The first-order valence-corrected chi connectivity index (χ1v) is 5.92. The highest BCUT2D eigenvalue weighted by Gasteiger charge is 2.17. The quantitative estimate of drug-likeness (QED) is 0.718. The second-order valence-electron chi connectivity index (χ2n) is 4.54. The average Bonchev–Trinajstić information content (AvgIpc) is 2.70. The van der Waals surface area contributed by atoms with Crippen molar-refractivity contribution in [3.8, 4) is 0 Å². The molecule has 5 heteroatoms. The Morgan fingerprint density at radius 1 is 1.56 bits per heavy atom. The molecular weight excluding hydrogens is 206 g/mol. The van der Waals surface area contributed by atoms with E-state index in [0.29, 0.717) is 19.2 Å². The van der Waals surface area contributed by atoms with Crippen molar-refractivity contribution in [2.45, 2.75) is 32.4 Å². The maximum Gasteiger partial charge on any atom is 0.315 e. The molecule has 1 heterocycles. The van der Waals surface area contributed by atoms with Crippen LogP contribution in [0.25, 0.3) is 0 Å². The third-order valence-corrected chi connectivity index (χ3v) is 2.90. The summed E-state index contributed by atoms with van der Waals surface area (Å²) >= 11 is 0. The van der Waals surface area contributed by atoms with Crippen LogP contribution in [0.5, 0.6) is 0 Å². The lowest BCUT2D eigenvalue weighted by Crippen LogP contribution is -2.45. The Morgan fingerprint density at radius 3 is 2.88 bits per heavy atom.